The number of nitrogens with zero attached hydrogens (tertiary/aromatic N) is 1. The molecule has 21 heavy (non-hydrogen) atoms. The highest BCUT2D eigenvalue weighted by Crippen LogP contribution is 2.40. The van der Waals surface area contributed by atoms with Crippen molar-refractivity contribution in [1.82, 2.24) is 0 Å². The van der Waals surface area contributed by atoms with Crippen LogP contribution < -0.4 is 5.32 Å². The molecule has 0 radical (unpaired) electrons. The average molecular weight is 367 g/mol. The Morgan fingerprint density at radius 1 is 1.43 bits per heavy atom. The van der Waals surface area contributed by atoms with E-state index in [1.54, 1.807) is 23.5 Å². The van der Waals surface area contributed by atoms with E-state index in [2.05, 4.69) is 27.3 Å². The Bertz CT molecular complexity index is 699. The SMILES string of the molecule is Cc1cc([N+](=O)[O-])ccc1NC1CCCc2sc(Br)cc21. The van der Waals surface area contributed by atoms with Crippen LogP contribution in [0.25, 0.3) is 0 Å². The summed E-state index contributed by atoms with van der Waals surface area (Å²) in [6.07, 6.45) is 3.40. The van der Waals surface area contributed by atoms with Gasteiger partial charge in [-0.2, -0.15) is 0 Å². The van der Waals surface area contributed by atoms with Gasteiger partial charge in [-0.25, -0.2) is 0 Å². The number of rotatable bonds is 3. The molecule has 1 N–H and O–H groups in total. The van der Waals surface area contributed by atoms with Crippen molar-refractivity contribution in [2.45, 2.75) is 32.2 Å². The second-order valence-corrected chi connectivity index (χ2v) is 7.79. The number of fused-ring (bicyclic) bond motifs is 1. The lowest BCUT2D eigenvalue weighted by Crippen LogP contribution is -2.16. The molecule has 0 saturated heterocycles. The van der Waals surface area contributed by atoms with E-state index >= 15 is 0 Å². The number of benzene rings is 1. The maximum absolute atomic E-state index is 10.8. The molecule has 1 heterocycles. The highest BCUT2D eigenvalue weighted by molar-refractivity contribution is 9.11. The smallest absolute Gasteiger partial charge is 0.269 e. The van der Waals surface area contributed by atoms with E-state index in [4.69, 9.17) is 0 Å². The summed E-state index contributed by atoms with van der Waals surface area (Å²) in [4.78, 5) is 11.9. The summed E-state index contributed by atoms with van der Waals surface area (Å²) in [7, 11) is 0. The van der Waals surface area contributed by atoms with Gasteiger partial charge in [0.1, 0.15) is 0 Å². The maximum Gasteiger partial charge on any atom is 0.269 e. The van der Waals surface area contributed by atoms with Crippen LogP contribution >= 0.6 is 27.3 Å². The van der Waals surface area contributed by atoms with Gasteiger partial charge in [0.15, 0.2) is 0 Å². The zero-order valence-corrected chi connectivity index (χ0v) is 14.0. The van der Waals surface area contributed by atoms with Gasteiger partial charge < -0.3 is 5.32 Å². The van der Waals surface area contributed by atoms with Crippen molar-refractivity contribution < 1.29 is 4.92 Å². The number of hydrogen-bond donors (Lipinski definition) is 1. The Labute approximate surface area is 135 Å². The number of non-ortho nitro benzene ring substituents is 1. The van der Waals surface area contributed by atoms with Crippen molar-refractivity contribution in [3.63, 3.8) is 0 Å². The first-order chi connectivity index (χ1) is 10.0. The molecule has 4 nitrogen and oxygen atoms in total. The lowest BCUT2D eigenvalue weighted by atomic mass is 9.93. The van der Waals surface area contributed by atoms with Crippen molar-refractivity contribution in [1.29, 1.82) is 0 Å². The third-order valence-electron chi connectivity index (χ3n) is 3.83. The van der Waals surface area contributed by atoms with Crippen molar-refractivity contribution >= 4 is 38.6 Å². The van der Waals surface area contributed by atoms with E-state index in [0.29, 0.717) is 0 Å². The normalized spacial score (nSPS) is 17.3. The minimum Gasteiger partial charge on any atom is -0.378 e. The molecule has 1 aromatic heterocycles. The van der Waals surface area contributed by atoms with Crippen molar-refractivity contribution in [2.75, 3.05) is 5.32 Å². The Hall–Kier alpha value is -1.40. The first-order valence-electron chi connectivity index (χ1n) is 6.84. The number of nitrogens with one attached hydrogen (secondary N) is 1. The highest BCUT2D eigenvalue weighted by atomic mass is 79.9. The van der Waals surface area contributed by atoms with Crippen molar-refractivity contribution in [3.05, 3.63) is 54.2 Å². The van der Waals surface area contributed by atoms with Crippen LogP contribution in [0.15, 0.2) is 28.1 Å². The molecule has 1 unspecified atom stereocenters. The summed E-state index contributed by atoms with van der Waals surface area (Å²) in [5.74, 6) is 0. The molecule has 1 aliphatic carbocycles. The molecular formula is C15H15BrN2O2S. The van der Waals surface area contributed by atoms with Crippen LogP contribution in [-0.4, -0.2) is 4.92 Å². The number of halogens is 1. The first-order valence-corrected chi connectivity index (χ1v) is 8.45. The van der Waals surface area contributed by atoms with Gasteiger partial charge in [0.05, 0.1) is 14.8 Å². The Morgan fingerprint density at radius 2 is 2.24 bits per heavy atom. The fraction of sp³-hybridized carbons (Fsp3) is 0.333. The molecular weight excluding hydrogens is 352 g/mol. The predicted molar refractivity (Wildman–Crippen MR) is 89.2 cm³/mol. The number of thiophene rings is 1. The average Bonchev–Trinajstić information content (AvgIpc) is 2.82. The Kier molecular flexibility index (Phi) is 3.99. The third-order valence-corrected chi connectivity index (χ3v) is 5.55. The molecule has 0 fully saturated rings. The van der Waals surface area contributed by atoms with E-state index in [9.17, 15) is 10.1 Å². The second-order valence-electron chi connectivity index (χ2n) is 5.27. The van der Waals surface area contributed by atoms with E-state index in [0.717, 1.165) is 24.1 Å². The minimum atomic E-state index is -0.356. The standard InChI is InChI=1S/C15H15BrN2O2S/c1-9-7-10(18(19)20)5-6-12(9)17-13-3-2-4-14-11(13)8-15(16)21-14/h5-8,13,17H,2-4H2,1H3. The first kappa shape index (κ1) is 14.5. The zero-order valence-electron chi connectivity index (χ0n) is 11.6. The van der Waals surface area contributed by atoms with Gasteiger partial charge in [0.2, 0.25) is 0 Å². The number of aryl methyl sites for hydroxylation is 2. The lowest BCUT2D eigenvalue weighted by molar-refractivity contribution is -0.384. The molecule has 0 bridgehead atoms. The van der Waals surface area contributed by atoms with Gasteiger partial charge in [-0.1, -0.05) is 0 Å². The number of nitro benzene ring substituents is 1. The molecule has 1 atom stereocenters. The van der Waals surface area contributed by atoms with Gasteiger partial charge in [0, 0.05) is 22.7 Å². The fourth-order valence-electron chi connectivity index (χ4n) is 2.78. The summed E-state index contributed by atoms with van der Waals surface area (Å²) < 4.78 is 1.17. The van der Waals surface area contributed by atoms with Gasteiger partial charge >= 0.3 is 0 Å². The molecule has 0 aliphatic heterocycles. The Balaban J connectivity index is 1.86. The van der Waals surface area contributed by atoms with E-state index in [1.807, 2.05) is 13.0 Å². The summed E-state index contributed by atoms with van der Waals surface area (Å²) in [6.45, 7) is 1.91. The van der Waals surface area contributed by atoms with Crippen LogP contribution in [0.3, 0.4) is 0 Å². The molecule has 1 aromatic carbocycles. The predicted octanol–water partition coefficient (Wildman–Crippen LogP) is 5.22. The highest BCUT2D eigenvalue weighted by Gasteiger charge is 2.23. The van der Waals surface area contributed by atoms with Gasteiger partial charge in [-0.05, 0) is 65.4 Å². The van der Waals surface area contributed by atoms with E-state index in [-0.39, 0.29) is 16.7 Å². The molecule has 0 amide bonds. The lowest BCUT2D eigenvalue weighted by Gasteiger charge is -2.25. The van der Waals surface area contributed by atoms with Crippen molar-refractivity contribution in [3.8, 4) is 0 Å². The third kappa shape index (κ3) is 2.96. The van der Waals surface area contributed by atoms with Gasteiger partial charge in [-0.3, -0.25) is 10.1 Å². The van der Waals surface area contributed by atoms with E-state index in [1.165, 1.54) is 20.6 Å². The number of hydrogen-bond acceptors (Lipinski definition) is 4. The van der Waals surface area contributed by atoms with Crippen LogP contribution in [0, 0.1) is 17.0 Å². The second kappa shape index (κ2) is 5.77. The van der Waals surface area contributed by atoms with Gasteiger partial charge in [-0.15, -0.1) is 11.3 Å². The largest absolute Gasteiger partial charge is 0.378 e. The van der Waals surface area contributed by atoms with Crippen LogP contribution in [-0.2, 0) is 6.42 Å². The minimum absolute atomic E-state index is 0.140. The molecule has 0 saturated carbocycles. The molecule has 3 rings (SSSR count). The summed E-state index contributed by atoms with van der Waals surface area (Å²) in [6, 6.07) is 7.47. The molecule has 0 spiro atoms. The van der Waals surface area contributed by atoms with Crippen LogP contribution in [0.2, 0.25) is 0 Å². The van der Waals surface area contributed by atoms with Crippen LogP contribution in [0.4, 0.5) is 11.4 Å². The summed E-state index contributed by atoms with van der Waals surface area (Å²) in [5, 5.41) is 14.4. The topological polar surface area (TPSA) is 55.2 Å². The van der Waals surface area contributed by atoms with Crippen LogP contribution in [0.1, 0.15) is 34.9 Å². The maximum atomic E-state index is 10.8. The van der Waals surface area contributed by atoms with Crippen molar-refractivity contribution in [2.24, 2.45) is 0 Å². The molecule has 110 valence electrons. The molecule has 2 aromatic rings. The van der Waals surface area contributed by atoms with E-state index < -0.39 is 0 Å². The van der Waals surface area contributed by atoms with Gasteiger partial charge in [0.25, 0.3) is 5.69 Å². The molecule has 1 aliphatic rings. The number of nitro groups is 1. The molecule has 6 heteroatoms. The van der Waals surface area contributed by atoms with Crippen LogP contribution in [0.5, 0.6) is 0 Å². The monoisotopic (exact) mass is 366 g/mol. The Morgan fingerprint density at radius 3 is 2.95 bits per heavy atom. The summed E-state index contributed by atoms with van der Waals surface area (Å²) >= 11 is 5.36. The number of anilines is 1. The fourth-order valence-corrected chi connectivity index (χ4v) is 4.60. The zero-order chi connectivity index (χ0) is 15.0. The summed E-state index contributed by atoms with van der Waals surface area (Å²) in [5.41, 5.74) is 3.38. The quantitative estimate of drug-likeness (QED) is 0.598.